The molecule has 0 spiro atoms. The summed E-state index contributed by atoms with van der Waals surface area (Å²) in [5.74, 6) is -1.13. The molecule has 0 unspecified atom stereocenters. The summed E-state index contributed by atoms with van der Waals surface area (Å²) in [7, 11) is -2.19. The number of sulfonamides is 1. The fraction of sp³-hybridized carbons (Fsp3) is 0.462. The summed E-state index contributed by atoms with van der Waals surface area (Å²) in [5.41, 5.74) is 1.21. The van der Waals surface area contributed by atoms with Gasteiger partial charge in [-0.3, -0.25) is 0 Å². The predicted octanol–water partition coefficient (Wildman–Crippen LogP) is 2.03. The van der Waals surface area contributed by atoms with E-state index in [2.05, 4.69) is 0 Å². The van der Waals surface area contributed by atoms with E-state index < -0.39 is 16.0 Å². The molecule has 6 heteroatoms. The summed E-state index contributed by atoms with van der Waals surface area (Å²) in [5, 5.41) is 9.03. The number of carboxylic acids is 1. The van der Waals surface area contributed by atoms with Crippen LogP contribution in [0.4, 0.5) is 0 Å². The highest BCUT2D eigenvalue weighted by molar-refractivity contribution is 7.89. The van der Waals surface area contributed by atoms with Crippen molar-refractivity contribution in [3.63, 3.8) is 0 Å². The Hall–Kier alpha value is -1.40. The van der Waals surface area contributed by atoms with Crippen LogP contribution in [0.1, 0.15) is 35.3 Å². The normalized spacial score (nSPS) is 12.2. The Morgan fingerprint density at radius 2 is 1.79 bits per heavy atom. The third-order valence-corrected chi connectivity index (χ3v) is 5.41. The van der Waals surface area contributed by atoms with E-state index in [1.807, 2.05) is 0 Å². The molecule has 0 saturated heterocycles. The van der Waals surface area contributed by atoms with Crippen LogP contribution in [0.2, 0.25) is 0 Å². The van der Waals surface area contributed by atoms with Crippen molar-refractivity contribution in [2.24, 2.45) is 0 Å². The first-order valence-electron chi connectivity index (χ1n) is 5.91. The summed E-state index contributed by atoms with van der Waals surface area (Å²) in [4.78, 5) is 11.1. The molecule has 0 aliphatic carbocycles. The van der Waals surface area contributed by atoms with Gasteiger partial charge in [0.25, 0.3) is 0 Å². The van der Waals surface area contributed by atoms with E-state index in [0.29, 0.717) is 11.1 Å². The SMILES string of the molecule is Cc1cc(C(=O)O)cc(S(=O)(=O)N(C)C(C)C)c1C. The van der Waals surface area contributed by atoms with Gasteiger partial charge in [0, 0.05) is 13.1 Å². The minimum Gasteiger partial charge on any atom is -0.478 e. The van der Waals surface area contributed by atoms with Crippen molar-refractivity contribution in [1.29, 1.82) is 0 Å². The standard InChI is InChI=1S/C13H19NO4S/c1-8(2)14(5)19(17,18)12-7-11(13(15)16)6-9(3)10(12)4/h6-8H,1-5H3,(H,15,16). The lowest BCUT2D eigenvalue weighted by atomic mass is 10.1. The molecule has 19 heavy (non-hydrogen) atoms. The first-order valence-corrected chi connectivity index (χ1v) is 7.35. The Bertz CT molecular complexity index is 605. The molecule has 1 rings (SSSR count). The third-order valence-electron chi connectivity index (χ3n) is 3.25. The lowest BCUT2D eigenvalue weighted by molar-refractivity contribution is 0.0696. The number of aromatic carboxylic acids is 1. The average Bonchev–Trinajstić information content (AvgIpc) is 2.30. The second-order valence-corrected chi connectivity index (χ2v) is 6.80. The summed E-state index contributed by atoms with van der Waals surface area (Å²) < 4.78 is 26.1. The van der Waals surface area contributed by atoms with Gasteiger partial charge in [0.05, 0.1) is 10.5 Å². The van der Waals surface area contributed by atoms with E-state index in [1.165, 1.54) is 23.5 Å². The van der Waals surface area contributed by atoms with Gasteiger partial charge in [0.2, 0.25) is 10.0 Å². The van der Waals surface area contributed by atoms with E-state index in [4.69, 9.17) is 5.11 Å². The van der Waals surface area contributed by atoms with E-state index in [9.17, 15) is 13.2 Å². The molecule has 0 bridgehead atoms. The Labute approximate surface area is 113 Å². The number of hydrogen-bond acceptors (Lipinski definition) is 3. The van der Waals surface area contributed by atoms with Crippen LogP contribution in [-0.4, -0.2) is 36.9 Å². The Morgan fingerprint density at radius 3 is 2.21 bits per heavy atom. The van der Waals surface area contributed by atoms with Crippen LogP contribution < -0.4 is 0 Å². The summed E-state index contributed by atoms with van der Waals surface area (Å²) in [6.45, 7) is 6.92. The van der Waals surface area contributed by atoms with Crippen molar-refractivity contribution < 1.29 is 18.3 Å². The molecule has 0 amide bonds. The zero-order valence-electron chi connectivity index (χ0n) is 11.8. The first-order chi connectivity index (χ1) is 8.59. The van der Waals surface area contributed by atoms with Gasteiger partial charge in [-0.25, -0.2) is 13.2 Å². The molecule has 0 aliphatic heterocycles. The van der Waals surface area contributed by atoms with Crippen molar-refractivity contribution in [3.8, 4) is 0 Å². The smallest absolute Gasteiger partial charge is 0.335 e. The fourth-order valence-corrected chi connectivity index (χ4v) is 3.34. The van der Waals surface area contributed by atoms with Gasteiger partial charge < -0.3 is 5.11 Å². The molecule has 0 radical (unpaired) electrons. The summed E-state index contributed by atoms with van der Waals surface area (Å²) in [6, 6.07) is 2.50. The minimum absolute atomic E-state index is 0.0150. The van der Waals surface area contributed by atoms with Gasteiger partial charge in [0.1, 0.15) is 0 Å². The maximum atomic E-state index is 12.5. The number of carbonyl (C=O) groups is 1. The maximum absolute atomic E-state index is 12.5. The molecular formula is C13H19NO4S. The highest BCUT2D eigenvalue weighted by Gasteiger charge is 2.26. The monoisotopic (exact) mass is 285 g/mol. The number of rotatable bonds is 4. The third kappa shape index (κ3) is 2.96. The molecule has 1 aromatic rings. The molecule has 1 aromatic carbocycles. The van der Waals surface area contributed by atoms with Crippen LogP contribution in [0.25, 0.3) is 0 Å². The van der Waals surface area contributed by atoms with Crippen LogP contribution in [0, 0.1) is 13.8 Å². The minimum atomic E-state index is -3.68. The van der Waals surface area contributed by atoms with Crippen molar-refractivity contribution in [1.82, 2.24) is 4.31 Å². The van der Waals surface area contributed by atoms with Crippen molar-refractivity contribution in [2.45, 2.75) is 38.6 Å². The van der Waals surface area contributed by atoms with Crippen LogP contribution in [0.3, 0.4) is 0 Å². The summed E-state index contributed by atoms with van der Waals surface area (Å²) in [6.07, 6.45) is 0. The number of carboxylic acid groups (broad SMARTS) is 1. The van der Waals surface area contributed by atoms with E-state index in [-0.39, 0.29) is 16.5 Å². The second-order valence-electron chi connectivity index (χ2n) is 4.84. The van der Waals surface area contributed by atoms with E-state index in [0.717, 1.165) is 0 Å². The fourth-order valence-electron chi connectivity index (χ4n) is 1.65. The van der Waals surface area contributed by atoms with Crippen LogP contribution >= 0.6 is 0 Å². The van der Waals surface area contributed by atoms with Crippen molar-refractivity contribution in [2.75, 3.05) is 7.05 Å². The molecule has 0 saturated carbocycles. The molecule has 5 nitrogen and oxygen atoms in total. The van der Waals surface area contributed by atoms with Gasteiger partial charge in [-0.1, -0.05) is 0 Å². The largest absolute Gasteiger partial charge is 0.478 e. The van der Waals surface area contributed by atoms with Crippen LogP contribution in [0.5, 0.6) is 0 Å². The van der Waals surface area contributed by atoms with Gasteiger partial charge in [0.15, 0.2) is 0 Å². The Balaban J connectivity index is 3.54. The van der Waals surface area contributed by atoms with Gasteiger partial charge in [-0.2, -0.15) is 4.31 Å². The Morgan fingerprint density at radius 1 is 1.26 bits per heavy atom. The predicted molar refractivity (Wildman–Crippen MR) is 73.0 cm³/mol. The van der Waals surface area contributed by atoms with Crippen molar-refractivity contribution >= 4 is 16.0 Å². The Kier molecular flexibility index (Phi) is 4.37. The highest BCUT2D eigenvalue weighted by atomic mass is 32.2. The number of benzene rings is 1. The number of aryl methyl sites for hydroxylation is 1. The lowest BCUT2D eigenvalue weighted by Gasteiger charge is -2.22. The highest BCUT2D eigenvalue weighted by Crippen LogP contribution is 2.24. The molecule has 106 valence electrons. The number of hydrogen-bond donors (Lipinski definition) is 1. The summed E-state index contributed by atoms with van der Waals surface area (Å²) >= 11 is 0. The van der Waals surface area contributed by atoms with E-state index >= 15 is 0 Å². The number of nitrogens with zero attached hydrogens (tertiary/aromatic N) is 1. The molecule has 0 fully saturated rings. The average molecular weight is 285 g/mol. The second kappa shape index (κ2) is 5.30. The van der Waals surface area contributed by atoms with Gasteiger partial charge in [-0.05, 0) is 51.0 Å². The zero-order chi connectivity index (χ0) is 15.0. The maximum Gasteiger partial charge on any atom is 0.335 e. The lowest BCUT2D eigenvalue weighted by Crippen LogP contribution is -2.33. The van der Waals surface area contributed by atoms with Gasteiger partial charge >= 0.3 is 5.97 Å². The van der Waals surface area contributed by atoms with Gasteiger partial charge in [-0.15, -0.1) is 0 Å². The quantitative estimate of drug-likeness (QED) is 0.918. The first kappa shape index (κ1) is 15.7. The molecule has 0 heterocycles. The molecule has 0 atom stereocenters. The van der Waals surface area contributed by atoms with E-state index in [1.54, 1.807) is 27.7 Å². The van der Waals surface area contributed by atoms with Crippen molar-refractivity contribution in [3.05, 3.63) is 28.8 Å². The molecule has 0 aromatic heterocycles. The topological polar surface area (TPSA) is 74.7 Å². The molecule has 0 aliphatic rings. The molecular weight excluding hydrogens is 266 g/mol. The van der Waals surface area contributed by atoms with Crippen LogP contribution in [-0.2, 0) is 10.0 Å². The molecule has 1 N–H and O–H groups in total. The van der Waals surface area contributed by atoms with Crippen LogP contribution in [0.15, 0.2) is 17.0 Å². The zero-order valence-corrected chi connectivity index (χ0v) is 12.6.